The number of fused-ring (bicyclic) bond motifs is 1. The average molecular weight is 657 g/mol. The summed E-state index contributed by atoms with van der Waals surface area (Å²) in [6, 6.07) is 0. The maximum atomic E-state index is 11.8. The highest BCUT2D eigenvalue weighted by atomic mass is 16.8. The van der Waals surface area contributed by atoms with Crippen LogP contribution in [0.2, 0.25) is 0 Å². The van der Waals surface area contributed by atoms with Gasteiger partial charge in [0.15, 0.2) is 6.10 Å². The Bertz CT molecular complexity index is 966. The van der Waals surface area contributed by atoms with E-state index < -0.39 is 17.7 Å². The van der Waals surface area contributed by atoms with Crippen molar-refractivity contribution in [3.63, 3.8) is 0 Å². The Balaban J connectivity index is 0.000000342. The molecule has 2 aliphatic heterocycles. The smallest absolute Gasteiger partial charge is 0.465 e. The highest BCUT2D eigenvalue weighted by molar-refractivity contribution is 5.76. The van der Waals surface area contributed by atoms with Crippen molar-refractivity contribution in [3.8, 4) is 0 Å². The number of carbonyl (C=O) groups excluding carboxylic acids is 4. The number of hydrogen-bond donors (Lipinski definition) is 0. The Morgan fingerprint density at radius 1 is 0.717 bits per heavy atom. The fourth-order valence-electron chi connectivity index (χ4n) is 4.77. The molecule has 0 bridgehead atoms. The second-order valence-electron chi connectivity index (χ2n) is 14.8. The van der Waals surface area contributed by atoms with Crippen LogP contribution >= 0.6 is 0 Å². The standard InChI is InChI=1S/C13H22O3.C12H22O2.C10H16O5.CH4/c1-4-13(2,3)12(14)15-8-9-5-6-10-11(7-9)16-10;1-4-12(2,3)11(13)14-10-8-6-5-7-9-10;1-4-10(2,3)8(11)13-5-7-6-14-9(12)15-7;/h9-11H,4-8H2,1-3H3;10H,4-9H2,1-3H3;7H,4-6H2,1-3H3;1H4. The molecular weight excluding hydrogens is 592 g/mol. The van der Waals surface area contributed by atoms with Gasteiger partial charge in [-0.3, -0.25) is 14.4 Å². The highest BCUT2D eigenvalue weighted by Gasteiger charge is 2.44. The van der Waals surface area contributed by atoms with Gasteiger partial charge in [0.25, 0.3) is 0 Å². The van der Waals surface area contributed by atoms with Gasteiger partial charge in [-0.1, -0.05) is 34.6 Å². The Morgan fingerprint density at radius 2 is 1.24 bits per heavy atom. The minimum atomic E-state index is -0.703. The van der Waals surface area contributed by atoms with Gasteiger partial charge >= 0.3 is 24.1 Å². The number of rotatable bonds is 11. The first-order chi connectivity index (χ1) is 21.0. The summed E-state index contributed by atoms with van der Waals surface area (Å²) in [5.74, 6) is 0.147. The molecule has 0 aromatic carbocycles. The van der Waals surface area contributed by atoms with Crippen LogP contribution in [0.25, 0.3) is 0 Å². The summed E-state index contributed by atoms with van der Waals surface area (Å²) in [4.78, 5) is 45.6. The van der Waals surface area contributed by atoms with E-state index >= 15 is 0 Å². The zero-order valence-corrected chi connectivity index (χ0v) is 29.4. The van der Waals surface area contributed by atoms with Gasteiger partial charge in [-0.25, -0.2) is 4.79 Å². The zero-order chi connectivity index (χ0) is 33.8. The third kappa shape index (κ3) is 13.8. The quantitative estimate of drug-likeness (QED) is 0.123. The van der Waals surface area contributed by atoms with E-state index in [2.05, 4.69) is 4.74 Å². The van der Waals surface area contributed by atoms with E-state index in [0.717, 1.165) is 44.9 Å². The van der Waals surface area contributed by atoms with Gasteiger partial charge in [-0.15, -0.1) is 0 Å². The molecule has 2 aliphatic carbocycles. The third-order valence-corrected chi connectivity index (χ3v) is 9.75. The third-order valence-electron chi connectivity index (χ3n) is 9.75. The van der Waals surface area contributed by atoms with E-state index in [0.29, 0.717) is 31.2 Å². The highest BCUT2D eigenvalue weighted by Crippen LogP contribution is 2.39. The summed E-state index contributed by atoms with van der Waals surface area (Å²) in [6.07, 6.45) is 11.6. The summed E-state index contributed by atoms with van der Waals surface area (Å²) < 4.78 is 30.7. The summed E-state index contributed by atoms with van der Waals surface area (Å²) in [7, 11) is 0. The van der Waals surface area contributed by atoms with Crippen LogP contribution in [0.15, 0.2) is 0 Å². The molecule has 2 heterocycles. The van der Waals surface area contributed by atoms with Gasteiger partial charge in [-0.05, 0) is 112 Å². The SMILES string of the molecule is C.CCC(C)(C)C(=O)OC1CCCCC1.CCC(C)(C)C(=O)OCC1CCC2OC2C1.CCC(C)(C)C(=O)OCC1COC(=O)O1. The second-order valence-corrected chi connectivity index (χ2v) is 14.8. The number of hydrogen-bond acceptors (Lipinski definition) is 10. The van der Waals surface area contributed by atoms with Crippen LogP contribution in [0.3, 0.4) is 0 Å². The maximum absolute atomic E-state index is 11.8. The number of epoxide rings is 1. The summed E-state index contributed by atoms with van der Waals surface area (Å²) >= 11 is 0. The lowest BCUT2D eigenvalue weighted by Gasteiger charge is -2.27. The first-order valence-corrected chi connectivity index (χ1v) is 17.1. The minimum Gasteiger partial charge on any atom is -0.465 e. The molecule has 0 N–H and O–H groups in total. The Hall–Kier alpha value is -2.36. The van der Waals surface area contributed by atoms with Crippen molar-refractivity contribution in [2.45, 2.75) is 165 Å². The fraction of sp³-hybridized carbons (Fsp3) is 0.889. The Labute approximate surface area is 278 Å². The molecule has 0 radical (unpaired) electrons. The van der Waals surface area contributed by atoms with Gasteiger partial charge < -0.3 is 28.4 Å². The summed E-state index contributed by atoms with van der Waals surface area (Å²) in [5.41, 5.74) is -1.14. The van der Waals surface area contributed by atoms with Gasteiger partial charge in [0.05, 0.1) is 35.1 Å². The van der Waals surface area contributed by atoms with Crippen molar-refractivity contribution >= 4 is 24.1 Å². The topological polar surface area (TPSA) is 127 Å². The van der Waals surface area contributed by atoms with Gasteiger partial charge in [0.2, 0.25) is 0 Å². The first kappa shape index (κ1) is 41.7. The number of carbonyl (C=O) groups is 4. The van der Waals surface area contributed by atoms with E-state index in [-0.39, 0.29) is 55.5 Å². The van der Waals surface area contributed by atoms with Crippen LogP contribution in [0.5, 0.6) is 0 Å². The van der Waals surface area contributed by atoms with Gasteiger partial charge in [-0.2, -0.15) is 0 Å². The van der Waals surface area contributed by atoms with Crippen LogP contribution in [0.4, 0.5) is 4.79 Å². The molecule has 0 aromatic heterocycles. The minimum absolute atomic E-state index is 0. The molecule has 4 atom stereocenters. The van der Waals surface area contributed by atoms with Gasteiger partial charge in [0.1, 0.15) is 19.3 Å². The van der Waals surface area contributed by atoms with Crippen LogP contribution in [0.1, 0.15) is 140 Å². The molecule has 2 saturated heterocycles. The van der Waals surface area contributed by atoms with Crippen molar-refractivity contribution in [2.75, 3.05) is 19.8 Å². The van der Waals surface area contributed by atoms with Crippen molar-refractivity contribution in [3.05, 3.63) is 0 Å². The summed E-state index contributed by atoms with van der Waals surface area (Å²) in [6.45, 7) is 18.2. The molecule has 46 heavy (non-hydrogen) atoms. The molecule has 10 nitrogen and oxygen atoms in total. The Kier molecular flexibility index (Phi) is 17.1. The lowest BCUT2D eigenvalue weighted by atomic mass is 9.89. The van der Waals surface area contributed by atoms with E-state index in [4.69, 9.17) is 23.7 Å². The van der Waals surface area contributed by atoms with Crippen molar-refractivity contribution in [1.29, 1.82) is 0 Å². The van der Waals surface area contributed by atoms with Crippen molar-refractivity contribution < 1.29 is 47.6 Å². The maximum Gasteiger partial charge on any atom is 0.508 e. The van der Waals surface area contributed by atoms with Crippen LogP contribution in [-0.2, 0) is 42.8 Å². The Morgan fingerprint density at radius 3 is 1.72 bits per heavy atom. The molecule has 4 unspecified atom stereocenters. The molecule has 268 valence electrons. The second kappa shape index (κ2) is 18.8. The molecule has 4 fully saturated rings. The first-order valence-electron chi connectivity index (χ1n) is 17.1. The number of esters is 3. The van der Waals surface area contributed by atoms with Crippen molar-refractivity contribution in [2.24, 2.45) is 22.2 Å². The fourth-order valence-corrected chi connectivity index (χ4v) is 4.77. The van der Waals surface area contributed by atoms with E-state index in [1.807, 2.05) is 62.3 Å². The molecule has 0 aromatic rings. The molecular formula is C36H64O10. The average Bonchev–Trinajstić information content (AvgIpc) is 3.69. The monoisotopic (exact) mass is 656 g/mol. The van der Waals surface area contributed by atoms with Crippen LogP contribution in [0, 0.1) is 22.2 Å². The largest absolute Gasteiger partial charge is 0.508 e. The van der Waals surface area contributed by atoms with E-state index in [1.54, 1.807) is 0 Å². The molecule has 4 aliphatic rings. The predicted molar refractivity (Wildman–Crippen MR) is 176 cm³/mol. The molecule has 10 heteroatoms. The summed E-state index contributed by atoms with van der Waals surface area (Å²) in [5, 5.41) is 0. The van der Waals surface area contributed by atoms with E-state index in [1.165, 1.54) is 19.3 Å². The normalized spacial score (nSPS) is 24.2. The molecule has 0 spiro atoms. The molecule has 0 amide bonds. The van der Waals surface area contributed by atoms with Crippen LogP contribution < -0.4 is 0 Å². The molecule has 4 rings (SSSR count). The lowest BCUT2D eigenvalue weighted by molar-refractivity contribution is -0.161. The predicted octanol–water partition coefficient (Wildman–Crippen LogP) is 7.97. The number of cyclic esters (lactones) is 2. The molecule has 2 saturated carbocycles. The van der Waals surface area contributed by atoms with Gasteiger partial charge in [0, 0.05) is 0 Å². The van der Waals surface area contributed by atoms with Crippen molar-refractivity contribution in [1.82, 2.24) is 0 Å². The van der Waals surface area contributed by atoms with E-state index in [9.17, 15) is 19.2 Å². The lowest BCUT2D eigenvalue weighted by Crippen LogP contribution is -2.31. The zero-order valence-electron chi connectivity index (χ0n) is 29.4. The van der Waals surface area contributed by atoms with Crippen LogP contribution in [-0.4, -0.2) is 68.3 Å². The number of ether oxygens (including phenoxy) is 6.